The highest BCUT2D eigenvalue weighted by Gasteiger charge is 1.93. The SMILES string of the molecule is O=c1cc[nH]c(=O)n1F.c1nncs1. The molecule has 0 aliphatic heterocycles. The topological polar surface area (TPSA) is 80.6 Å². The van der Waals surface area contributed by atoms with Crippen LogP contribution in [0.1, 0.15) is 0 Å². The van der Waals surface area contributed by atoms with Gasteiger partial charge in [-0.15, -0.1) is 21.5 Å². The van der Waals surface area contributed by atoms with Gasteiger partial charge in [0, 0.05) is 12.3 Å². The van der Waals surface area contributed by atoms with Crippen LogP contribution in [0.5, 0.6) is 0 Å². The van der Waals surface area contributed by atoms with Crippen LogP contribution < -0.4 is 11.2 Å². The lowest BCUT2D eigenvalue weighted by Gasteiger charge is -1.83. The van der Waals surface area contributed by atoms with Gasteiger partial charge in [-0.1, -0.05) is 9.27 Å². The Kier molecular flexibility index (Phi) is 3.68. The van der Waals surface area contributed by atoms with Crippen LogP contribution in [0, 0.1) is 0 Å². The van der Waals surface area contributed by atoms with Crippen LogP contribution in [0.3, 0.4) is 0 Å². The average molecular weight is 216 g/mol. The summed E-state index contributed by atoms with van der Waals surface area (Å²) in [5.41, 5.74) is 1.35. The smallest absolute Gasteiger partial charge is 0.312 e. The van der Waals surface area contributed by atoms with Crippen molar-refractivity contribution in [3.05, 3.63) is 44.1 Å². The molecule has 0 spiro atoms. The van der Waals surface area contributed by atoms with Gasteiger partial charge in [0.25, 0.3) is 5.56 Å². The predicted molar refractivity (Wildman–Crippen MR) is 47.7 cm³/mol. The normalized spacial score (nSPS) is 8.93. The average Bonchev–Trinajstić information content (AvgIpc) is 2.72. The molecule has 0 aliphatic rings. The monoisotopic (exact) mass is 216 g/mol. The highest BCUT2D eigenvalue weighted by Crippen LogP contribution is 1.80. The Balaban J connectivity index is 0.000000165. The first-order valence-electron chi connectivity index (χ1n) is 3.37. The molecule has 0 saturated heterocycles. The van der Waals surface area contributed by atoms with Crippen molar-refractivity contribution in [2.24, 2.45) is 0 Å². The standard InChI is InChI=1S/C4H3FN2O2.C2H2N2S/c5-7-3(8)1-2-6-4(7)9;1-3-4-2-5-1/h1-2H,(H,6,9);1-2H. The number of nitrogens with one attached hydrogen (secondary N) is 1. The van der Waals surface area contributed by atoms with E-state index < -0.39 is 16.0 Å². The quantitative estimate of drug-likeness (QED) is 0.661. The van der Waals surface area contributed by atoms with Gasteiger partial charge in [0.05, 0.1) is 0 Å². The Labute approximate surface area is 80.6 Å². The van der Waals surface area contributed by atoms with E-state index in [2.05, 4.69) is 10.2 Å². The largest absolute Gasteiger partial charge is 0.357 e. The third-order valence-corrected chi connectivity index (χ3v) is 1.52. The van der Waals surface area contributed by atoms with Crippen molar-refractivity contribution in [3.8, 4) is 0 Å². The lowest BCUT2D eigenvalue weighted by atomic mass is 10.7. The van der Waals surface area contributed by atoms with E-state index in [1.54, 1.807) is 11.0 Å². The zero-order chi connectivity index (χ0) is 10.4. The van der Waals surface area contributed by atoms with Crippen LogP contribution in [0.25, 0.3) is 0 Å². The van der Waals surface area contributed by atoms with Gasteiger partial charge >= 0.3 is 5.69 Å². The number of H-pyrrole nitrogens is 1. The zero-order valence-corrected chi connectivity index (χ0v) is 7.57. The minimum atomic E-state index is -1.05. The first kappa shape index (κ1) is 10.3. The molecule has 0 atom stereocenters. The van der Waals surface area contributed by atoms with Crippen LogP contribution in [-0.2, 0) is 0 Å². The molecule has 6 nitrogen and oxygen atoms in total. The fourth-order valence-corrected chi connectivity index (χ4v) is 0.815. The molecule has 1 N–H and O–H groups in total. The Hall–Kier alpha value is -1.83. The highest BCUT2D eigenvalue weighted by molar-refractivity contribution is 7.07. The molecule has 2 rings (SSSR count). The first-order chi connectivity index (χ1) is 6.72. The zero-order valence-electron chi connectivity index (χ0n) is 6.75. The van der Waals surface area contributed by atoms with Crippen LogP contribution in [-0.4, -0.2) is 20.0 Å². The first-order valence-corrected chi connectivity index (χ1v) is 4.32. The van der Waals surface area contributed by atoms with Crippen molar-refractivity contribution in [1.82, 2.24) is 20.0 Å². The second-order valence-corrected chi connectivity index (χ2v) is 2.67. The molecule has 0 radical (unpaired) electrons. The van der Waals surface area contributed by atoms with Crippen molar-refractivity contribution in [3.63, 3.8) is 0 Å². The minimum Gasteiger partial charge on any atom is -0.312 e. The van der Waals surface area contributed by atoms with E-state index in [-0.39, 0.29) is 0 Å². The summed E-state index contributed by atoms with van der Waals surface area (Å²) in [6, 6.07) is 0.918. The Bertz CT molecular complexity index is 432. The molecular weight excluding hydrogens is 211 g/mol. The summed E-state index contributed by atoms with van der Waals surface area (Å²) in [4.78, 5) is 21.9. The maximum atomic E-state index is 12.0. The molecule has 0 fully saturated rings. The fourth-order valence-electron chi connectivity index (χ4n) is 0.543. The summed E-state index contributed by atoms with van der Waals surface area (Å²) < 4.78 is 12.0. The van der Waals surface area contributed by atoms with E-state index in [1.165, 1.54) is 11.3 Å². The van der Waals surface area contributed by atoms with E-state index in [9.17, 15) is 14.1 Å². The molecule has 2 aromatic rings. The number of nitrogens with zero attached hydrogens (tertiary/aromatic N) is 3. The van der Waals surface area contributed by atoms with Crippen molar-refractivity contribution in [2.45, 2.75) is 0 Å². The molecule has 0 unspecified atom stereocenters. The maximum Gasteiger partial charge on any atom is 0.357 e. The molecule has 0 aromatic carbocycles. The summed E-state index contributed by atoms with van der Waals surface area (Å²) >= 11 is 1.49. The fraction of sp³-hybridized carbons (Fsp3) is 0. The summed E-state index contributed by atoms with van der Waals surface area (Å²) in [6.45, 7) is 0. The second-order valence-electron chi connectivity index (χ2n) is 1.98. The van der Waals surface area contributed by atoms with Gasteiger partial charge in [-0.3, -0.25) is 4.79 Å². The minimum absolute atomic E-state index is 0.500. The molecular formula is C6H5FN4O2S. The van der Waals surface area contributed by atoms with Gasteiger partial charge < -0.3 is 4.98 Å². The molecule has 0 bridgehead atoms. The van der Waals surface area contributed by atoms with Gasteiger partial charge in [0.1, 0.15) is 11.0 Å². The predicted octanol–water partition coefficient (Wildman–Crippen LogP) is -0.193. The summed E-state index contributed by atoms with van der Waals surface area (Å²) in [6.07, 6.45) is 1.08. The number of aromatic nitrogens is 4. The molecule has 0 aliphatic carbocycles. The third-order valence-electron chi connectivity index (χ3n) is 1.09. The highest BCUT2D eigenvalue weighted by atomic mass is 32.1. The lowest BCUT2D eigenvalue weighted by Crippen LogP contribution is -2.28. The van der Waals surface area contributed by atoms with Crippen molar-refractivity contribution in [2.75, 3.05) is 0 Å². The van der Waals surface area contributed by atoms with Crippen LogP contribution in [0.4, 0.5) is 4.48 Å². The molecule has 2 aromatic heterocycles. The van der Waals surface area contributed by atoms with E-state index in [0.29, 0.717) is 0 Å². The number of aromatic amines is 1. The van der Waals surface area contributed by atoms with E-state index in [4.69, 9.17) is 0 Å². The van der Waals surface area contributed by atoms with Gasteiger partial charge in [0.15, 0.2) is 0 Å². The lowest BCUT2D eigenvalue weighted by molar-refractivity contribution is 0.330. The number of hydrogen-bond acceptors (Lipinski definition) is 5. The molecule has 2 heterocycles. The maximum absolute atomic E-state index is 12.0. The summed E-state index contributed by atoms with van der Waals surface area (Å²) in [7, 11) is 0. The third kappa shape index (κ3) is 2.90. The van der Waals surface area contributed by atoms with E-state index in [0.717, 1.165) is 12.3 Å². The van der Waals surface area contributed by atoms with Crippen LogP contribution >= 0.6 is 11.3 Å². The van der Waals surface area contributed by atoms with E-state index >= 15 is 0 Å². The molecule has 0 amide bonds. The molecule has 14 heavy (non-hydrogen) atoms. The van der Waals surface area contributed by atoms with Crippen molar-refractivity contribution >= 4 is 11.3 Å². The van der Waals surface area contributed by atoms with Crippen LogP contribution in [0.2, 0.25) is 0 Å². The number of hydrogen-bond donors (Lipinski definition) is 1. The van der Waals surface area contributed by atoms with Gasteiger partial charge in [-0.2, -0.15) is 0 Å². The summed E-state index contributed by atoms with van der Waals surface area (Å²) in [5, 5.41) is 6.98. The molecule has 74 valence electrons. The van der Waals surface area contributed by atoms with Gasteiger partial charge in [0.2, 0.25) is 0 Å². The van der Waals surface area contributed by atoms with Gasteiger partial charge in [-0.05, 0) is 0 Å². The van der Waals surface area contributed by atoms with E-state index in [1.807, 2.05) is 4.98 Å². The number of rotatable bonds is 0. The molecule has 8 heteroatoms. The van der Waals surface area contributed by atoms with Crippen molar-refractivity contribution in [1.29, 1.82) is 0 Å². The molecule has 0 saturated carbocycles. The van der Waals surface area contributed by atoms with Crippen molar-refractivity contribution < 1.29 is 4.48 Å². The summed E-state index contributed by atoms with van der Waals surface area (Å²) in [5.74, 6) is 0. The second kappa shape index (κ2) is 5.02. The Morgan fingerprint density at radius 1 is 1.36 bits per heavy atom. The Morgan fingerprint density at radius 2 is 2.00 bits per heavy atom. The van der Waals surface area contributed by atoms with Crippen LogP contribution in [0.15, 0.2) is 32.9 Å². The Morgan fingerprint density at radius 3 is 2.36 bits per heavy atom. The number of halogens is 1. The van der Waals surface area contributed by atoms with Gasteiger partial charge in [-0.25, -0.2) is 4.79 Å².